The summed E-state index contributed by atoms with van der Waals surface area (Å²) >= 11 is 0. The van der Waals surface area contributed by atoms with Crippen LogP contribution in [0, 0.1) is 0 Å². The zero-order chi connectivity index (χ0) is 4.69. The van der Waals surface area contributed by atoms with Crippen LogP contribution < -0.4 is 0 Å². The molecule has 0 aromatic heterocycles. The summed E-state index contributed by atoms with van der Waals surface area (Å²) in [4.78, 5) is 0. The molecule has 1 saturated carbocycles. The van der Waals surface area contributed by atoms with Gasteiger partial charge in [0, 0.05) is 0 Å². The van der Waals surface area contributed by atoms with Gasteiger partial charge in [-0.3, -0.25) is 0 Å². The maximum absolute atomic E-state index is 5.28. The second kappa shape index (κ2) is 2.70. The van der Waals surface area contributed by atoms with E-state index in [0.717, 1.165) is 0 Å². The molecule has 0 aromatic rings. The van der Waals surface area contributed by atoms with Gasteiger partial charge in [-0.2, -0.15) is 0 Å². The number of rotatable bonds is 0. The molecule has 0 radical (unpaired) electrons. The van der Waals surface area contributed by atoms with Crippen LogP contribution in [0.1, 0.15) is 25.7 Å². The molecule has 2 unspecified atom stereocenters. The van der Waals surface area contributed by atoms with Crippen LogP contribution in [0.15, 0.2) is 0 Å². The minimum absolute atomic E-state index is 0. The van der Waals surface area contributed by atoms with Crippen LogP contribution in [0.25, 0.3) is 0 Å². The van der Waals surface area contributed by atoms with E-state index in [1.165, 1.54) is 25.7 Å². The van der Waals surface area contributed by atoms with Crippen molar-refractivity contribution >= 4 is 29.6 Å². The van der Waals surface area contributed by atoms with Crippen LogP contribution in [0.5, 0.6) is 0 Å². The van der Waals surface area contributed by atoms with Crippen molar-refractivity contribution in [3.05, 3.63) is 0 Å². The second-order valence-corrected chi connectivity index (χ2v) is 2.50. The van der Waals surface area contributed by atoms with Gasteiger partial charge in [0.1, 0.15) is 0 Å². The molecule has 0 amide bonds. The molecule has 0 bridgehead atoms. The maximum atomic E-state index is 5.28. The molecule has 1 saturated heterocycles. The summed E-state index contributed by atoms with van der Waals surface area (Å²) in [5.74, 6) is 0. The SMILES string of the molecule is C1CCC2OC2C1.[NaH]. The summed E-state index contributed by atoms with van der Waals surface area (Å²) in [5.41, 5.74) is 0. The van der Waals surface area contributed by atoms with Crippen LogP contribution in [0.2, 0.25) is 0 Å². The average Bonchev–Trinajstić information content (AvgIpc) is 2.41. The molecule has 1 aliphatic carbocycles. The van der Waals surface area contributed by atoms with Gasteiger partial charge in [-0.15, -0.1) is 0 Å². The van der Waals surface area contributed by atoms with Crippen LogP contribution in [-0.4, -0.2) is 41.8 Å². The first kappa shape index (κ1) is 7.07. The van der Waals surface area contributed by atoms with E-state index in [-0.39, 0.29) is 29.6 Å². The number of hydrogen-bond acceptors (Lipinski definition) is 1. The normalized spacial score (nSPS) is 42.0. The summed E-state index contributed by atoms with van der Waals surface area (Å²) in [6.45, 7) is 0. The van der Waals surface area contributed by atoms with E-state index in [0.29, 0.717) is 12.2 Å². The number of fused-ring (bicyclic) bond motifs is 1. The van der Waals surface area contributed by atoms with Crippen molar-refractivity contribution in [1.29, 1.82) is 0 Å². The molecule has 0 N–H and O–H groups in total. The summed E-state index contributed by atoms with van der Waals surface area (Å²) < 4.78 is 5.28. The van der Waals surface area contributed by atoms with Crippen LogP contribution in [0.4, 0.5) is 0 Å². The Hall–Kier alpha value is 0.960. The number of ether oxygens (including phenoxy) is 1. The molecular formula is C6H11NaO. The third-order valence-corrected chi connectivity index (χ3v) is 1.91. The van der Waals surface area contributed by atoms with Crippen molar-refractivity contribution in [3.8, 4) is 0 Å². The fourth-order valence-electron chi connectivity index (χ4n) is 1.38. The molecule has 2 aliphatic rings. The van der Waals surface area contributed by atoms with E-state index in [2.05, 4.69) is 0 Å². The Morgan fingerprint density at radius 2 is 1.50 bits per heavy atom. The summed E-state index contributed by atoms with van der Waals surface area (Å²) in [7, 11) is 0. The third kappa shape index (κ3) is 1.27. The molecule has 2 rings (SSSR count). The van der Waals surface area contributed by atoms with E-state index in [4.69, 9.17) is 4.74 Å². The molecular weight excluding hydrogens is 111 g/mol. The molecule has 1 aliphatic heterocycles. The van der Waals surface area contributed by atoms with Gasteiger partial charge in [0.05, 0.1) is 12.2 Å². The Labute approximate surface area is 72.1 Å². The van der Waals surface area contributed by atoms with Crippen molar-refractivity contribution in [2.45, 2.75) is 37.9 Å². The molecule has 2 atom stereocenters. The Morgan fingerprint density at radius 1 is 1.00 bits per heavy atom. The van der Waals surface area contributed by atoms with E-state index in [1.807, 2.05) is 0 Å². The molecule has 8 heavy (non-hydrogen) atoms. The third-order valence-electron chi connectivity index (χ3n) is 1.91. The van der Waals surface area contributed by atoms with E-state index >= 15 is 0 Å². The zero-order valence-corrected chi connectivity index (χ0v) is 4.39. The van der Waals surface area contributed by atoms with Crippen LogP contribution in [0.3, 0.4) is 0 Å². The van der Waals surface area contributed by atoms with Gasteiger partial charge < -0.3 is 4.74 Å². The molecule has 42 valence electrons. The summed E-state index contributed by atoms with van der Waals surface area (Å²) in [6.07, 6.45) is 6.89. The van der Waals surface area contributed by atoms with E-state index < -0.39 is 0 Å². The topological polar surface area (TPSA) is 12.5 Å². The minimum atomic E-state index is 0. The Morgan fingerprint density at radius 3 is 1.88 bits per heavy atom. The Balaban J connectivity index is 0.000000320. The predicted molar refractivity (Wildman–Crippen MR) is 34.3 cm³/mol. The van der Waals surface area contributed by atoms with E-state index in [1.54, 1.807) is 0 Å². The molecule has 0 aromatic carbocycles. The van der Waals surface area contributed by atoms with Crippen molar-refractivity contribution in [1.82, 2.24) is 0 Å². The molecule has 0 spiro atoms. The number of hydrogen-bond donors (Lipinski definition) is 0. The quantitative estimate of drug-likeness (QED) is 0.340. The van der Waals surface area contributed by atoms with Crippen molar-refractivity contribution in [3.63, 3.8) is 0 Å². The molecule has 1 heterocycles. The van der Waals surface area contributed by atoms with Gasteiger partial charge in [0.25, 0.3) is 0 Å². The average molecular weight is 122 g/mol. The van der Waals surface area contributed by atoms with Crippen LogP contribution >= 0.6 is 0 Å². The summed E-state index contributed by atoms with van der Waals surface area (Å²) in [5, 5.41) is 0. The van der Waals surface area contributed by atoms with Crippen molar-refractivity contribution < 1.29 is 4.74 Å². The van der Waals surface area contributed by atoms with E-state index in [9.17, 15) is 0 Å². The van der Waals surface area contributed by atoms with Crippen molar-refractivity contribution in [2.75, 3.05) is 0 Å². The predicted octanol–water partition coefficient (Wildman–Crippen LogP) is 0.679. The van der Waals surface area contributed by atoms with Gasteiger partial charge in [-0.1, -0.05) is 12.8 Å². The van der Waals surface area contributed by atoms with Crippen LogP contribution in [-0.2, 0) is 4.74 Å². The van der Waals surface area contributed by atoms with Gasteiger partial charge in [-0.25, -0.2) is 0 Å². The summed E-state index contributed by atoms with van der Waals surface area (Å²) in [6, 6.07) is 0. The Bertz CT molecular complexity index is 74.6. The fraction of sp³-hybridized carbons (Fsp3) is 1.00. The van der Waals surface area contributed by atoms with Gasteiger partial charge in [0.2, 0.25) is 0 Å². The Kier molecular flexibility index (Phi) is 2.38. The van der Waals surface area contributed by atoms with Gasteiger partial charge in [0.15, 0.2) is 0 Å². The monoisotopic (exact) mass is 122 g/mol. The van der Waals surface area contributed by atoms with Gasteiger partial charge in [-0.05, 0) is 12.8 Å². The molecule has 1 nitrogen and oxygen atoms in total. The first-order chi connectivity index (χ1) is 3.47. The molecule has 2 fully saturated rings. The van der Waals surface area contributed by atoms with Gasteiger partial charge >= 0.3 is 29.6 Å². The van der Waals surface area contributed by atoms with Crippen molar-refractivity contribution in [2.24, 2.45) is 0 Å². The fourth-order valence-corrected chi connectivity index (χ4v) is 1.38. The standard InChI is InChI=1S/C6H10O.Na.H/c1-2-4-6-5(3-1)7-6;;/h5-6H,1-4H2;;. The zero-order valence-electron chi connectivity index (χ0n) is 4.39. The molecule has 2 heteroatoms. The number of epoxide rings is 1. The first-order valence-corrected chi connectivity index (χ1v) is 3.12. The first-order valence-electron chi connectivity index (χ1n) is 3.12. The second-order valence-electron chi connectivity index (χ2n) is 2.50.